The van der Waals surface area contributed by atoms with Gasteiger partial charge in [-0.05, 0) is 37.1 Å². The molecule has 0 aliphatic carbocycles. The highest BCUT2D eigenvalue weighted by molar-refractivity contribution is 6.42. The molecule has 0 heterocycles. The van der Waals surface area contributed by atoms with Gasteiger partial charge in [-0.15, -0.1) is 0 Å². The lowest BCUT2D eigenvalue weighted by molar-refractivity contribution is -0.386. The van der Waals surface area contributed by atoms with Crippen LogP contribution in [0.25, 0.3) is 0 Å². The minimum absolute atomic E-state index is 0.0976. The monoisotopic (exact) mass is 384 g/mol. The lowest BCUT2D eigenvalue weighted by atomic mass is 10.1. The van der Waals surface area contributed by atoms with E-state index >= 15 is 0 Å². The van der Waals surface area contributed by atoms with Gasteiger partial charge in [-0.3, -0.25) is 15.4 Å². The highest BCUT2D eigenvalue weighted by Gasteiger charge is 2.21. The molecule has 134 valence electrons. The first kappa shape index (κ1) is 19.5. The van der Waals surface area contributed by atoms with E-state index in [1.807, 2.05) is 6.07 Å². The number of ether oxygens (including phenoxy) is 1. The molecule has 2 N–H and O–H groups in total. The van der Waals surface area contributed by atoms with E-state index < -0.39 is 17.3 Å². The second-order valence-corrected chi connectivity index (χ2v) is 6.27. The van der Waals surface area contributed by atoms with Crippen LogP contribution in [-0.4, -0.2) is 28.9 Å². The van der Waals surface area contributed by atoms with Crippen LogP contribution in [0.15, 0.2) is 42.5 Å². The number of aliphatic hydroxyl groups is 1. The van der Waals surface area contributed by atoms with E-state index in [2.05, 4.69) is 5.32 Å². The quantitative estimate of drug-likeness (QED) is 0.410. The third-order valence-corrected chi connectivity index (χ3v) is 4.24. The number of nitro groups is 1. The average molecular weight is 385 g/mol. The largest absolute Gasteiger partial charge is 0.465 e. The van der Waals surface area contributed by atoms with Gasteiger partial charge in [0, 0.05) is 12.6 Å². The maximum absolute atomic E-state index is 11.1. The zero-order valence-electron chi connectivity index (χ0n) is 13.5. The van der Waals surface area contributed by atoms with Gasteiger partial charge in [-0.2, -0.15) is 0 Å². The van der Waals surface area contributed by atoms with E-state index in [1.165, 1.54) is 12.1 Å². The van der Waals surface area contributed by atoms with Gasteiger partial charge < -0.3 is 9.84 Å². The Morgan fingerprint density at radius 3 is 2.60 bits per heavy atom. The number of aliphatic hydroxyl groups excluding tert-OH is 1. The van der Waals surface area contributed by atoms with Crippen LogP contribution in [0.1, 0.15) is 12.5 Å². The van der Waals surface area contributed by atoms with Crippen LogP contribution in [0.3, 0.4) is 0 Å². The van der Waals surface area contributed by atoms with Gasteiger partial charge in [0.05, 0.1) is 15.0 Å². The summed E-state index contributed by atoms with van der Waals surface area (Å²) in [6.45, 7) is 2.03. The molecule has 6 nitrogen and oxygen atoms in total. The number of para-hydroxylation sites is 2. The topological polar surface area (TPSA) is 84.6 Å². The smallest absolute Gasteiger partial charge is 0.310 e. The van der Waals surface area contributed by atoms with Gasteiger partial charge in [0.1, 0.15) is 6.10 Å². The second kappa shape index (κ2) is 9.01. The summed E-state index contributed by atoms with van der Waals surface area (Å²) >= 11 is 11.9. The third kappa shape index (κ3) is 5.57. The number of benzene rings is 2. The Labute approximate surface area is 155 Å². The molecule has 0 spiro atoms. The van der Waals surface area contributed by atoms with E-state index in [0.717, 1.165) is 5.56 Å². The van der Waals surface area contributed by atoms with Crippen molar-refractivity contribution in [2.45, 2.75) is 25.7 Å². The van der Waals surface area contributed by atoms with Crippen LogP contribution in [0.2, 0.25) is 10.0 Å². The molecule has 8 heteroatoms. The lowest BCUT2D eigenvalue weighted by Crippen LogP contribution is -2.44. The molecule has 0 aliphatic heterocycles. The summed E-state index contributed by atoms with van der Waals surface area (Å²) in [5.41, 5.74) is 0.816. The van der Waals surface area contributed by atoms with Crippen molar-refractivity contribution in [1.82, 2.24) is 5.32 Å². The van der Waals surface area contributed by atoms with Gasteiger partial charge in [-0.1, -0.05) is 41.4 Å². The molecule has 2 aromatic carbocycles. The summed E-state index contributed by atoms with van der Waals surface area (Å²) in [6.07, 6.45) is -1.03. The van der Waals surface area contributed by atoms with Crippen molar-refractivity contribution < 1.29 is 14.8 Å². The summed E-state index contributed by atoms with van der Waals surface area (Å²) in [5, 5.41) is 24.9. The van der Waals surface area contributed by atoms with Crippen LogP contribution in [0.5, 0.6) is 5.75 Å². The molecule has 0 saturated carbocycles. The van der Waals surface area contributed by atoms with Gasteiger partial charge in [0.15, 0.2) is 12.0 Å². The molecule has 0 aromatic heterocycles. The standard InChI is InChI=1S/C17H18Cl2N2O4/c1-11(22)17(25-16-5-3-2-4-15(16)21(23)24)20-9-8-12-6-7-13(18)14(19)10-12/h2-7,10-11,17,20,22H,8-9H2,1H3. The summed E-state index contributed by atoms with van der Waals surface area (Å²) in [4.78, 5) is 10.5. The molecule has 0 saturated heterocycles. The van der Waals surface area contributed by atoms with Crippen molar-refractivity contribution in [3.8, 4) is 5.75 Å². The summed E-state index contributed by atoms with van der Waals surface area (Å²) in [7, 11) is 0. The van der Waals surface area contributed by atoms with Crippen molar-refractivity contribution in [2.24, 2.45) is 0 Å². The molecule has 0 amide bonds. The minimum Gasteiger partial charge on any atom is -0.465 e. The molecule has 2 rings (SSSR count). The van der Waals surface area contributed by atoms with E-state index in [9.17, 15) is 15.2 Å². The Balaban J connectivity index is 1.99. The molecular weight excluding hydrogens is 367 g/mol. The number of nitrogens with one attached hydrogen (secondary N) is 1. The molecule has 0 radical (unpaired) electrons. The van der Waals surface area contributed by atoms with Gasteiger partial charge in [0.2, 0.25) is 0 Å². The average Bonchev–Trinajstić information content (AvgIpc) is 2.57. The summed E-state index contributed by atoms with van der Waals surface area (Å²) < 4.78 is 5.60. The normalized spacial score (nSPS) is 13.3. The van der Waals surface area contributed by atoms with Crippen LogP contribution >= 0.6 is 23.2 Å². The molecule has 25 heavy (non-hydrogen) atoms. The SMILES string of the molecule is CC(O)C(NCCc1ccc(Cl)c(Cl)c1)Oc1ccccc1[N+](=O)[O-]. The Bertz CT molecular complexity index is 740. The van der Waals surface area contributed by atoms with E-state index in [0.29, 0.717) is 23.0 Å². The molecular formula is C17H18Cl2N2O4. The number of nitrogens with zero attached hydrogens (tertiary/aromatic N) is 1. The molecule has 2 aromatic rings. The van der Waals surface area contributed by atoms with Crippen molar-refractivity contribution in [1.29, 1.82) is 0 Å². The van der Waals surface area contributed by atoms with Crippen molar-refractivity contribution in [2.75, 3.05) is 6.54 Å². The van der Waals surface area contributed by atoms with Gasteiger partial charge >= 0.3 is 5.69 Å². The van der Waals surface area contributed by atoms with E-state index in [-0.39, 0.29) is 11.4 Å². The van der Waals surface area contributed by atoms with Crippen molar-refractivity contribution in [3.63, 3.8) is 0 Å². The highest BCUT2D eigenvalue weighted by Crippen LogP contribution is 2.27. The third-order valence-electron chi connectivity index (χ3n) is 3.50. The fraction of sp³-hybridized carbons (Fsp3) is 0.294. The first-order chi connectivity index (χ1) is 11.9. The Morgan fingerprint density at radius 2 is 1.96 bits per heavy atom. The molecule has 0 aliphatic rings. The number of hydrogen-bond donors (Lipinski definition) is 2. The Kier molecular flexibility index (Phi) is 7.01. The molecule has 0 fully saturated rings. The predicted octanol–water partition coefficient (Wildman–Crippen LogP) is 3.82. The number of halogens is 2. The van der Waals surface area contributed by atoms with E-state index in [4.69, 9.17) is 27.9 Å². The molecule has 0 bridgehead atoms. The Hall–Kier alpha value is -1.86. The Morgan fingerprint density at radius 1 is 1.24 bits per heavy atom. The van der Waals surface area contributed by atoms with Crippen LogP contribution < -0.4 is 10.1 Å². The number of nitro benzene ring substituents is 1. The highest BCUT2D eigenvalue weighted by atomic mass is 35.5. The fourth-order valence-electron chi connectivity index (χ4n) is 2.21. The molecule has 2 unspecified atom stereocenters. The second-order valence-electron chi connectivity index (χ2n) is 5.46. The van der Waals surface area contributed by atoms with Crippen LogP contribution in [0.4, 0.5) is 5.69 Å². The minimum atomic E-state index is -0.867. The fourth-order valence-corrected chi connectivity index (χ4v) is 2.53. The summed E-state index contributed by atoms with van der Waals surface area (Å²) in [6, 6.07) is 11.4. The van der Waals surface area contributed by atoms with E-state index in [1.54, 1.807) is 31.2 Å². The maximum atomic E-state index is 11.1. The lowest BCUT2D eigenvalue weighted by Gasteiger charge is -2.22. The number of hydrogen-bond acceptors (Lipinski definition) is 5. The zero-order chi connectivity index (χ0) is 18.4. The first-order valence-corrected chi connectivity index (χ1v) is 8.39. The van der Waals surface area contributed by atoms with Gasteiger partial charge in [0.25, 0.3) is 0 Å². The molecule has 2 atom stereocenters. The van der Waals surface area contributed by atoms with Crippen molar-refractivity contribution in [3.05, 3.63) is 68.2 Å². The predicted molar refractivity (Wildman–Crippen MR) is 97.4 cm³/mol. The van der Waals surface area contributed by atoms with Crippen molar-refractivity contribution >= 4 is 28.9 Å². The summed E-state index contributed by atoms with van der Waals surface area (Å²) in [5.74, 6) is 0.0976. The first-order valence-electron chi connectivity index (χ1n) is 7.64. The van der Waals surface area contributed by atoms with Crippen LogP contribution in [-0.2, 0) is 6.42 Å². The number of rotatable bonds is 8. The maximum Gasteiger partial charge on any atom is 0.310 e. The zero-order valence-corrected chi connectivity index (χ0v) is 15.0. The van der Waals surface area contributed by atoms with Gasteiger partial charge in [-0.25, -0.2) is 0 Å². The van der Waals surface area contributed by atoms with Crippen LogP contribution in [0, 0.1) is 10.1 Å².